The number of oxazole rings is 1. The van der Waals surface area contributed by atoms with Crippen molar-refractivity contribution in [2.24, 2.45) is 0 Å². The number of aromatic nitrogens is 3. The summed E-state index contributed by atoms with van der Waals surface area (Å²) >= 11 is 1.21. The van der Waals surface area contributed by atoms with Crippen molar-refractivity contribution in [2.45, 2.75) is 13.1 Å². The van der Waals surface area contributed by atoms with Crippen LogP contribution in [-0.2, 0) is 17.9 Å². The first-order valence-electron chi connectivity index (χ1n) is 9.42. The highest BCUT2D eigenvalue weighted by atomic mass is 32.1. The fourth-order valence-electron chi connectivity index (χ4n) is 3.32. The maximum Gasteiger partial charge on any atom is 0.420 e. The standard InChI is InChI=1S/C22H15FN4O3S/c23-15-7-8-16-19(10-15)31-21(25-16)27(12-14-4-3-9-24-11-14)20(28)13-26-17-5-1-2-6-18(17)30-22(26)29/h1-11H,12-13H2. The molecule has 0 aliphatic heterocycles. The van der Waals surface area contributed by atoms with Crippen LogP contribution >= 0.6 is 11.3 Å². The highest BCUT2D eigenvalue weighted by Gasteiger charge is 2.23. The molecule has 0 unspecified atom stereocenters. The van der Waals surface area contributed by atoms with E-state index in [2.05, 4.69) is 9.97 Å². The van der Waals surface area contributed by atoms with E-state index in [1.165, 1.54) is 32.9 Å². The van der Waals surface area contributed by atoms with E-state index in [1.54, 1.807) is 48.8 Å². The first-order chi connectivity index (χ1) is 15.1. The van der Waals surface area contributed by atoms with Crippen LogP contribution in [0.15, 0.2) is 76.2 Å². The summed E-state index contributed by atoms with van der Waals surface area (Å²) < 4.78 is 20.8. The van der Waals surface area contributed by atoms with Crippen molar-refractivity contribution in [2.75, 3.05) is 4.90 Å². The Morgan fingerprint density at radius 2 is 2.03 bits per heavy atom. The first kappa shape index (κ1) is 19.1. The van der Waals surface area contributed by atoms with Crippen molar-refractivity contribution in [1.29, 1.82) is 0 Å². The summed E-state index contributed by atoms with van der Waals surface area (Å²) in [5.74, 6) is -1.33. The summed E-state index contributed by atoms with van der Waals surface area (Å²) in [6.07, 6.45) is 3.31. The van der Waals surface area contributed by atoms with E-state index in [4.69, 9.17) is 4.42 Å². The van der Waals surface area contributed by atoms with Gasteiger partial charge < -0.3 is 4.42 Å². The van der Waals surface area contributed by atoms with Gasteiger partial charge in [0.2, 0.25) is 5.91 Å². The number of thiazole rings is 1. The molecule has 3 aromatic heterocycles. The number of rotatable bonds is 5. The van der Waals surface area contributed by atoms with Crippen molar-refractivity contribution in [3.63, 3.8) is 0 Å². The molecule has 5 aromatic rings. The summed E-state index contributed by atoms with van der Waals surface area (Å²) in [6, 6.07) is 14.8. The first-order valence-corrected chi connectivity index (χ1v) is 10.2. The topological polar surface area (TPSA) is 81.2 Å². The minimum absolute atomic E-state index is 0.208. The van der Waals surface area contributed by atoms with E-state index in [0.29, 0.717) is 26.4 Å². The third-order valence-electron chi connectivity index (χ3n) is 4.80. The number of para-hydroxylation sites is 2. The summed E-state index contributed by atoms with van der Waals surface area (Å²) in [7, 11) is 0. The van der Waals surface area contributed by atoms with Gasteiger partial charge in [-0.1, -0.05) is 29.5 Å². The molecule has 0 saturated carbocycles. The third-order valence-corrected chi connectivity index (χ3v) is 5.84. The summed E-state index contributed by atoms with van der Waals surface area (Å²) in [5.41, 5.74) is 2.34. The van der Waals surface area contributed by atoms with Gasteiger partial charge in [0.15, 0.2) is 10.7 Å². The number of hydrogen-bond donors (Lipinski definition) is 0. The second kappa shape index (κ2) is 7.77. The van der Waals surface area contributed by atoms with E-state index in [-0.39, 0.29) is 24.8 Å². The normalized spacial score (nSPS) is 11.3. The molecule has 31 heavy (non-hydrogen) atoms. The lowest BCUT2D eigenvalue weighted by Crippen LogP contribution is -2.35. The highest BCUT2D eigenvalue weighted by Crippen LogP contribution is 2.30. The second-order valence-electron chi connectivity index (χ2n) is 6.87. The molecule has 9 heteroatoms. The minimum Gasteiger partial charge on any atom is -0.408 e. The van der Waals surface area contributed by atoms with Gasteiger partial charge in [0, 0.05) is 12.4 Å². The van der Waals surface area contributed by atoms with Crippen LogP contribution in [0.25, 0.3) is 21.3 Å². The number of carbonyl (C=O) groups is 1. The molecule has 0 aliphatic carbocycles. The van der Waals surface area contributed by atoms with Crippen molar-refractivity contribution in [3.8, 4) is 0 Å². The Hall–Kier alpha value is -3.85. The Balaban J connectivity index is 1.54. The molecule has 0 fully saturated rings. The molecule has 3 heterocycles. The highest BCUT2D eigenvalue weighted by molar-refractivity contribution is 7.22. The lowest BCUT2D eigenvalue weighted by atomic mass is 10.2. The van der Waals surface area contributed by atoms with Crippen LogP contribution in [0.4, 0.5) is 9.52 Å². The maximum atomic E-state index is 13.6. The van der Waals surface area contributed by atoms with Gasteiger partial charge in [-0.3, -0.25) is 19.2 Å². The number of fused-ring (bicyclic) bond motifs is 2. The second-order valence-corrected chi connectivity index (χ2v) is 7.88. The van der Waals surface area contributed by atoms with E-state index < -0.39 is 5.76 Å². The zero-order valence-corrected chi connectivity index (χ0v) is 16.9. The van der Waals surface area contributed by atoms with Crippen LogP contribution in [0.1, 0.15) is 5.56 Å². The molecule has 0 spiro atoms. The van der Waals surface area contributed by atoms with Crippen molar-refractivity contribution in [3.05, 3.63) is 88.9 Å². The van der Waals surface area contributed by atoms with Crippen LogP contribution in [0, 0.1) is 5.82 Å². The smallest absolute Gasteiger partial charge is 0.408 e. The largest absolute Gasteiger partial charge is 0.420 e. The van der Waals surface area contributed by atoms with Gasteiger partial charge >= 0.3 is 5.76 Å². The Morgan fingerprint density at radius 3 is 2.87 bits per heavy atom. The van der Waals surface area contributed by atoms with Crippen LogP contribution in [0.2, 0.25) is 0 Å². The Bertz CT molecular complexity index is 1460. The van der Waals surface area contributed by atoms with Crippen LogP contribution in [-0.4, -0.2) is 20.4 Å². The van der Waals surface area contributed by atoms with Crippen LogP contribution in [0.5, 0.6) is 0 Å². The summed E-state index contributed by atoms with van der Waals surface area (Å²) in [6.45, 7) is -0.0140. The predicted octanol–water partition coefficient (Wildman–Crippen LogP) is 3.97. The zero-order chi connectivity index (χ0) is 21.4. The lowest BCUT2D eigenvalue weighted by Gasteiger charge is -2.20. The zero-order valence-electron chi connectivity index (χ0n) is 16.1. The summed E-state index contributed by atoms with van der Waals surface area (Å²) in [5, 5.41) is 0.412. The van der Waals surface area contributed by atoms with Gasteiger partial charge in [0.25, 0.3) is 0 Å². The number of carbonyl (C=O) groups excluding carboxylic acids is 1. The van der Waals surface area contributed by atoms with E-state index in [1.807, 2.05) is 6.07 Å². The Morgan fingerprint density at radius 1 is 1.16 bits per heavy atom. The maximum absolute atomic E-state index is 13.6. The Labute approximate surface area is 179 Å². The number of pyridine rings is 1. The molecule has 0 radical (unpaired) electrons. The van der Waals surface area contributed by atoms with E-state index in [9.17, 15) is 14.0 Å². The average molecular weight is 434 g/mol. The summed E-state index contributed by atoms with van der Waals surface area (Å²) in [4.78, 5) is 35.8. The quantitative estimate of drug-likeness (QED) is 0.418. The van der Waals surface area contributed by atoms with Gasteiger partial charge in [-0.2, -0.15) is 0 Å². The van der Waals surface area contributed by atoms with Crippen molar-refractivity contribution >= 4 is 43.7 Å². The Kier molecular flexibility index (Phi) is 4.79. The number of nitrogens with zero attached hydrogens (tertiary/aromatic N) is 4. The molecule has 5 rings (SSSR count). The van der Waals surface area contributed by atoms with Crippen LogP contribution in [0.3, 0.4) is 0 Å². The fraction of sp³-hybridized carbons (Fsp3) is 0.0909. The van der Waals surface area contributed by atoms with Crippen molar-refractivity contribution in [1.82, 2.24) is 14.5 Å². The average Bonchev–Trinajstić information content (AvgIpc) is 3.33. The molecule has 7 nitrogen and oxygen atoms in total. The van der Waals surface area contributed by atoms with E-state index >= 15 is 0 Å². The van der Waals surface area contributed by atoms with Gasteiger partial charge in [-0.05, 0) is 42.0 Å². The number of hydrogen-bond acceptors (Lipinski definition) is 6. The monoisotopic (exact) mass is 434 g/mol. The number of benzene rings is 2. The van der Waals surface area contributed by atoms with Gasteiger partial charge in [0.1, 0.15) is 12.4 Å². The molecule has 154 valence electrons. The molecular weight excluding hydrogens is 419 g/mol. The molecule has 2 aromatic carbocycles. The SMILES string of the molecule is O=C(Cn1c(=O)oc2ccccc21)N(Cc1cccnc1)c1nc2ccc(F)cc2s1. The van der Waals surface area contributed by atoms with Crippen LogP contribution < -0.4 is 10.7 Å². The number of halogens is 1. The molecular formula is C22H15FN4O3S. The van der Waals surface area contributed by atoms with Gasteiger partial charge in [-0.15, -0.1) is 0 Å². The van der Waals surface area contributed by atoms with E-state index in [0.717, 1.165) is 5.56 Å². The molecule has 0 atom stereocenters. The number of amides is 1. The third kappa shape index (κ3) is 3.71. The number of anilines is 1. The molecule has 1 amide bonds. The van der Waals surface area contributed by atoms with Gasteiger partial charge in [-0.25, -0.2) is 14.2 Å². The minimum atomic E-state index is -0.609. The van der Waals surface area contributed by atoms with Gasteiger partial charge in [0.05, 0.1) is 22.3 Å². The lowest BCUT2D eigenvalue weighted by molar-refractivity contribution is -0.119. The fourth-order valence-corrected chi connectivity index (χ4v) is 4.33. The predicted molar refractivity (Wildman–Crippen MR) is 115 cm³/mol. The molecule has 0 bridgehead atoms. The molecule has 0 aliphatic rings. The molecule has 0 saturated heterocycles. The molecule has 0 N–H and O–H groups in total. The van der Waals surface area contributed by atoms with Crippen molar-refractivity contribution < 1.29 is 13.6 Å².